The number of amides is 1. The molecule has 1 aromatic carbocycles. The van der Waals surface area contributed by atoms with Crippen molar-refractivity contribution in [2.24, 2.45) is 12.0 Å². The molecular weight excluding hydrogens is 330 g/mol. The lowest BCUT2D eigenvalue weighted by atomic mass is 10.2. The normalized spacial score (nSPS) is 18.0. The fourth-order valence-corrected chi connectivity index (χ4v) is 3.24. The number of thioether (sulfide) groups is 1. The summed E-state index contributed by atoms with van der Waals surface area (Å²) in [5.41, 5.74) is 4.10. The van der Waals surface area contributed by atoms with Crippen molar-refractivity contribution in [1.82, 2.24) is 9.88 Å². The quantitative estimate of drug-likeness (QED) is 0.830. The van der Waals surface area contributed by atoms with E-state index in [2.05, 4.69) is 20.9 Å². The van der Waals surface area contributed by atoms with Crippen LogP contribution in [0.5, 0.6) is 0 Å². The number of aromatic nitrogens is 1. The SMILES string of the molecule is Cc1cc(/C=C2\SC(=Nc3ccc(Cl)cc3)NC2=O)c(C)n1C. The van der Waals surface area contributed by atoms with E-state index in [1.165, 1.54) is 11.8 Å². The molecule has 2 heterocycles. The molecule has 1 fully saturated rings. The Balaban J connectivity index is 1.86. The molecule has 0 atom stereocenters. The number of benzene rings is 1. The lowest BCUT2D eigenvalue weighted by Crippen LogP contribution is -2.19. The van der Waals surface area contributed by atoms with Crippen molar-refractivity contribution in [3.63, 3.8) is 0 Å². The first kappa shape index (κ1) is 15.9. The van der Waals surface area contributed by atoms with Crippen molar-refractivity contribution in [3.8, 4) is 0 Å². The Labute approximate surface area is 144 Å². The number of aryl methyl sites for hydroxylation is 1. The van der Waals surface area contributed by atoms with Crippen LogP contribution in [0, 0.1) is 13.8 Å². The lowest BCUT2D eigenvalue weighted by molar-refractivity contribution is -0.115. The van der Waals surface area contributed by atoms with E-state index in [9.17, 15) is 4.79 Å². The highest BCUT2D eigenvalue weighted by Crippen LogP contribution is 2.29. The standard InChI is InChI=1S/C17H16ClN3OS/c1-10-8-12(11(2)21(10)3)9-15-16(22)20-17(23-15)19-14-6-4-13(18)5-7-14/h4-9H,1-3H3,(H,19,20,22)/b15-9-. The molecule has 1 amide bonds. The molecule has 4 nitrogen and oxygen atoms in total. The molecule has 3 rings (SSSR count). The van der Waals surface area contributed by atoms with Crippen LogP contribution in [0.25, 0.3) is 6.08 Å². The van der Waals surface area contributed by atoms with E-state index in [1.807, 2.05) is 39.1 Å². The summed E-state index contributed by atoms with van der Waals surface area (Å²) in [6.07, 6.45) is 1.91. The molecule has 0 bridgehead atoms. The van der Waals surface area contributed by atoms with E-state index in [4.69, 9.17) is 11.6 Å². The first-order valence-corrected chi connectivity index (χ1v) is 8.31. The monoisotopic (exact) mass is 345 g/mol. The zero-order valence-corrected chi connectivity index (χ0v) is 14.6. The number of nitrogens with zero attached hydrogens (tertiary/aromatic N) is 2. The van der Waals surface area contributed by atoms with Crippen molar-refractivity contribution in [1.29, 1.82) is 0 Å². The highest BCUT2D eigenvalue weighted by molar-refractivity contribution is 8.18. The number of aliphatic imine (C=N–C) groups is 1. The van der Waals surface area contributed by atoms with Crippen LogP contribution in [0.4, 0.5) is 5.69 Å². The maximum Gasteiger partial charge on any atom is 0.264 e. The van der Waals surface area contributed by atoms with Gasteiger partial charge in [-0.15, -0.1) is 0 Å². The highest BCUT2D eigenvalue weighted by atomic mass is 35.5. The second-order valence-corrected chi connectivity index (χ2v) is 6.81. The van der Waals surface area contributed by atoms with Gasteiger partial charge in [-0.25, -0.2) is 4.99 Å². The summed E-state index contributed by atoms with van der Waals surface area (Å²) < 4.78 is 2.10. The average Bonchev–Trinajstić information content (AvgIpc) is 2.97. The number of rotatable bonds is 2. The van der Waals surface area contributed by atoms with Crippen molar-refractivity contribution >= 4 is 46.2 Å². The van der Waals surface area contributed by atoms with Gasteiger partial charge in [-0.2, -0.15) is 0 Å². The second kappa shape index (κ2) is 6.26. The molecule has 1 saturated heterocycles. The number of carbonyl (C=O) groups is 1. The van der Waals surface area contributed by atoms with Gasteiger partial charge in [-0.1, -0.05) is 11.6 Å². The van der Waals surface area contributed by atoms with E-state index < -0.39 is 0 Å². The van der Waals surface area contributed by atoms with Gasteiger partial charge in [0, 0.05) is 23.5 Å². The Morgan fingerprint density at radius 1 is 1.26 bits per heavy atom. The Morgan fingerprint density at radius 3 is 2.57 bits per heavy atom. The molecule has 6 heteroatoms. The van der Waals surface area contributed by atoms with Crippen molar-refractivity contribution in [2.45, 2.75) is 13.8 Å². The number of halogens is 1. The largest absolute Gasteiger partial charge is 0.352 e. The molecule has 0 radical (unpaired) electrons. The van der Waals surface area contributed by atoms with E-state index >= 15 is 0 Å². The third kappa shape index (κ3) is 3.35. The van der Waals surface area contributed by atoms with Gasteiger partial charge in [0.25, 0.3) is 5.91 Å². The minimum atomic E-state index is -0.122. The maximum absolute atomic E-state index is 12.1. The number of nitrogens with one attached hydrogen (secondary N) is 1. The molecule has 0 saturated carbocycles. The summed E-state index contributed by atoms with van der Waals surface area (Å²) in [4.78, 5) is 17.2. The van der Waals surface area contributed by atoms with Crippen LogP contribution in [0.15, 0.2) is 40.2 Å². The average molecular weight is 346 g/mol. The Bertz CT molecular complexity index is 834. The number of hydrogen-bond donors (Lipinski definition) is 1. The third-order valence-electron chi connectivity index (χ3n) is 3.81. The molecule has 1 N–H and O–H groups in total. The molecule has 23 heavy (non-hydrogen) atoms. The molecule has 0 unspecified atom stereocenters. The lowest BCUT2D eigenvalue weighted by Gasteiger charge is -1.99. The summed E-state index contributed by atoms with van der Waals surface area (Å²) in [6, 6.07) is 9.25. The van der Waals surface area contributed by atoms with Crippen LogP contribution in [0.1, 0.15) is 17.0 Å². The second-order valence-electron chi connectivity index (χ2n) is 5.34. The predicted octanol–water partition coefficient (Wildman–Crippen LogP) is 4.19. The highest BCUT2D eigenvalue weighted by Gasteiger charge is 2.24. The van der Waals surface area contributed by atoms with Gasteiger partial charge in [-0.3, -0.25) is 4.79 Å². The molecule has 0 aliphatic carbocycles. The molecule has 118 valence electrons. The van der Waals surface area contributed by atoms with E-state index in [-0.39, 0.29) is 5.91 Å². The van der Waals surface area contributed by atoms with E-state index in [1.54, 1.807) is 12.1 Å². The van der Waals surface area contributed by atoms with Crippen LogP contribution in [-0.4, -0.2) is 15.6 Å². The molecule has 1 aromatic heterocycles. The third-order valence-corrected chi connectivity index (χ3v) is 4.97. The number of amidine groups is 1. The van der Waals surface area contributed by atoms with E-state index in [0.717, 1.165) is 22.6 Å². The maximum atomic E-state index is 12.1. The first-order valence-electron chi connectivity index (χ1n) is 7.12. The smallest absolute Gasteiger partial charge is 0.264 e. The summed E-state index contributed by atoms with van der Waals surface area (Å²) in [6.45, 7) is 4.09. The fourth-order valence-electron chi connectivity index (χ4n) is 2.29. The van der Waals surface area contributed by atoms with Gasteiger partial charge in [0.1, 0.15) is 0 Å². The number of hydrogen-bond acceptors (Lipinski definition) is 3. The zero-order chi connectivity index (χ0) is 16.6. The minimum absolute atomic E-state index is 0.122. The molecular formula is C17H16ClN3OS. The van der Waals surface area contributed by atoms with Gasteiger partial charge in [0.15, 0.2) is 5.17 Å². The van der Waals surface area contributed by atoms with Gasteiger partial charge in [0.2, 0.25) is 0 Å². The number of carbonyl (C=O) groups excluding carboxylic acids is 1. The summed E-state index contributed by atoms with van der Waals surface area (Å²) in [5, 5.41) is 4.03. The van der Waals surface area contributed by atoms with Crippen LogP contribution in [-0.2, 0) is 11.8 Å². The molecule has 1 aliphatic heterocycles. The summed E-state index contributed by atoms with van der Waals surface area (Å²) >= 11 is 7.20. The van der Waals surface area contributed by atoms with Gasteiger partial charge < -0.3 is 9.88 Å². The zero-order valence-electron chi connectivity index (χ0n) is 13.1. The van der Waals surface area contributed by atoms with Crippen LogP contribution in [0.2, 0.25) is 5.02 Å². The minimum Gasteiger partial charge on any atom is -0.352 e. The Kier molecular flexibility index (Phi) is 4.33. The van der Waals surface area contributed by atoms with Gasteiger partial charge in [-0.05, 0) is 67.6 Å². The molecule has 2 aromatic rings. The summed E-state index contributed by atoms with van der Waals surface area (Å²) in [7, 11) is 2.02. The van der Waals surface area contributed by atoms with Gasteiger partial charge in [0.05, 0.1) is 10.6 Å². The van der Waals surface area contributed by atoms with Crippen molar-refractivity contribution < 1.29 is 4.79 Å². The van der Waals surface area contributed by atoms with Crippen LogP contribution >= 0.6 is 23.4 Å². The Hall–Kier alpha value is -1.98. The van der Waals surface area contributed by atoms with Gasteiger partial charge >= 0.3 is 0 Å². The van der Waals surface area contributed by atoms with Crippen molar-refractivity contribution in [2.75, 3.05) is 0 Å². The van der Waals surface area contributed by atoms with Crippen LogP contribution in [0.3, 0.4) is 0 Å². The fraction of sp³-hybridized carbons (Fsp3) is 0.176. The first-order chi connectivity index (χ1) is 10.9. The predicted molar refractivity (Wildman–Crippen MR) is 97.1 cm³/mol. The van der Waals surface area contributed by atoms with Crippen LogP contribution < -0.4 is 5.32 Å². The Morgan fingerprint density at radius 2 is 1.96 bits per heavy atom. The summed E-state index contributed by atoms with van der Waals surface area (Å²) in [5.74, 6) is -0.122. The molecule has 0 spiro atoms. The topological polar surface area (TPSA) is 46.4 Å². The van der Waals surface area contributed by atoms with Crippen molar-refractivity contribution in [3.05, 3.63) is 57.2 Å². The molecule has 1 aliphatic rings. The van der Waals surface area contributed by atoms with E-state index in [0.29, 0.717) is 15.1 Å².